The van der Waals surface area contributed by atoms with Gasteiger partial charge >= 0.3 is 0 Å². The number of aliphatic hydroxyl groups is 1. The van der Waals surface area contributed by atoms with Crippen LogP contribution in [0.5, 0.6) is 0 Å². The van der Waals surface area contributed by atoms with Crippen LogP contribution in [0.3, 0.4) is 0 Å². The molecule has 28 heavy (non-hydrogen) atoms. The van der Waals surface area contributed by atoms with E-state index < -0.39 is 11.9 Å². The van der Waals surface area contributed by atoms with E-state index in [0.29, 0.717) is 32.7 Å². The molecule has 0 aliphatic heterocycles. The Labute approximate surface area is 163 Å². The Morgan fingerprint density at radius 1 is 1.25 bits per heavy atom. The van der Waals surface area contributed by atoms with E-state index in [1.54, 1.807) is 30.5 Å². The Morgan fingerprint density at radius 2 is 2.11 bits per heavy atom. The van der Waals surface area contributed by atoms with Gasteiger partial charge in [-0.1, -0.05) is 6.07 Å². The number of hydrogen-bond acceptors (Lipinski definition) is 6. The highest BCUT2D eigenvalue weighted by Gasteiger charge is 2.19. The molecule has 3 heterocycles. The fraction of sp³-hybridized carbons (Fsp3) is 0.100. The number of amides is 1. The minimum Gasteiger partial charge on any atom is -0.384 e. The molecule has 6 nitrogen and oxygen atoms in total. The normalized spacial score (nSPS) is 12.1. The Kier molecular flexibility index (Phi) is 4.81. The van der Waals surface area contributed by atoms with Crippen molar-refractivity contribution in [3.8, 4) is 0 Å². The second-order valence-electron chi connectivity index (χ2n) is 6.23. The minimum absolute atomic E-state index is 0.296. The fourth-order valence-electron chi connectivity index (χ4n) is 2.89. The number of pyridine rings is 2. The monoisotopic (exact) mass is 394 g/mol. The number of carbonyl (C=O) groups excluding carboxylic acids is 1. The lowest BCUT2D eigenvalue weighted by molar-refractivity contribution is 0.102. The van der Waals surface area contributed by atoms with Crippen molar-refractivity contribution in [2.24, 2.45) is 0 Å². The van der Waals surface area contributed by atoms with E-state index in [4.69, 9.17) is 0 Å². The van der Waals surface area contributed by atoms with Crippen molar-refractivity contribution in [2.45, 2.75) is 13.0 Å². The van der Waals surface area contributed by atoms with Gasteiger partial charge in [0.15, 0.2) is 5.13 Å². The third-order valence-corrected chi connectivity index (χ3v) is 5.04. The number of benzene rings is 1. The summed E-state index contributed by atoms with van der Waals surface area (Å²) in [5.74, 6) is -0.930. The standard InChI is InChI=1S/C20H15FN4O2S/c1-11-10-28-20(24-11)25-19(27)16-7-13(5-12-3-2-4-23-17(12)16)18(26)14-6-15(21)9-22-8-14/h2-10,18,26H,1H3,(H,24,25,27). The van der Waals surface area contributed by atoms with E-state index in [0.717, 1.165) is 11.9 Å². The molecule has 0 spiro atoms. The summed E-state index contributed by atoms with van der Waals surface area (Å²) in [5, 5.41) is 16.5. The number of halogens is 1. The molecule has 0 fully saturated rings. The summed E-state index contributed by atoms with van der Waals surface area (Å²) in [6.45, 7) is 1.84. The van der Waals surface area contributed by atoms with Crippen LogP contribution in [-0.4, -0.2) is 26.0 Å². The number of nitrogens with one attached hydrogen (secondary N) is 1. The Bertz CT molecular complexity index is 1180. The smallest absolute Gasteiger partial charge is 0.259 e. The number of aromatic nitrogens is 3. The number of hydrogen-bond donors (Lipinski definition) is 2. The maximum atomic E-state index is 13.5. The highest BCUT2D eigenvalue weighted by Crippen LogP contribution is 2.28. The number of aryl methyl sites for hydroxylation is 1. The van der Waals surface area contributed by atoms with Crippen LogP contribution in [0.25, 0.3) is 10.9 Å². The summed E-state index contributed by atoms with van der Waals surface area (Å²) in [6.07, 6.45) is 2.91. The number of thiazole rings is 1. The quantitative estimate of drug-likeness (QED) is 0.549. The number of nitrogens with zero attached hydrogens (tertiary/aromatic N) is 3. The van der Waals surface area contributed by atoms with E-state index in [2.05, 4.69) is 20.3 Å². The van der Waals surface area contributed by atoms with Gasteiger partial charge in [-0.05, 0) is 36.8 Å². The molecule has 1 unspecified atom stereocenters. The van der Waals surface area contributed by atoms with Crippen molar-refractivity contribution in [2.75, 3.05) is 5.32 Å². The average molecular weight is 394 g/mol. The molecule has 0 aliphatic carbocycles. The maximum Gasteiger partial charge on any atom is 0.259 e. The second-order valence-corrected chi connectivity index (χ2v) is 7.09. The van der Waals surface area contributed by atoms with Crippen molar-refractivity contribution in [1.29, 1.82) is 0 Å². The van der Waals surface area contributed by atoms with E-state index in [9.17, 15) is 14.3 Å². The highest BCUT2D eigenvalue weighted by atomic mass is 32.1. The number of fused-ring (bicyclic) bond motifs is 1. The molecular weight excluding hydrogens is 379 g/mol. The molecule has 0 radical (unpaired) electrons. The molecule has 140 valence electrons. The van der Waals surface area contributed by atoms with E-state index in [1.807, 2.05) is 12.3 Å². The third-order valence-electron chi connectivity index (χ3n) is 4.17. The maximum absolute atomic E-state index is 13.5. The van der Waals surface area contributed by atoms with Crippen LogP contribution in [-0.2, 0) is 0 Å². The fourth-order valence-corrected chi connectivity index (χ4v) is 3.58. The summed E-state index contributed by atoms with van der Waals surface area (Å²) < 4.78 is 13.5. The zero-order valence-corrected chi connectivity index (χ0v) is 15.6. The minimum atomic E-state index is -1.14. The summed E-state index contributed by atoms with van der Waals surface area (Å²) in [6, 6.07) is 8.03. The van der Waals surface area contributed by atoms with Crippen molar-refractivity contribution in [3.63, 3.8) is 0 Å². The summed E-state index contributed by atoms with van der Waals surface area (Å²) >= 11 is 1.32. The SMILES string of the molecule is Cc1csc(NC(=O)c2cc(C(O)c3cncc(F)c3)cc3cccnc23)n1. The second kappa shape index (κ2) is 7.41. The third kappa shape index (κ3) is 3.60. The van der Waals surface area contributed by atoms with Gasteiger partial charge in [-0.15, -0.1) is 11.3 Å². The van der Waals surface area contributed by atoms with Crippen LogP contribution in [0, 0.1) is 12.7 Å². The molecule has 1 aromatic carbocycles. The molecule has 4 aromatic rings. The molecule has 8 heteroatoms. The van der Waals surface area contributed by atoms with Gasteiger partial charge in [0.25, 0.3) is 5.91 Å². The van der Waals surface area contributed by atoms with Gasteiger partial charge in [0.1, 0.15) is 11.9 Å². The van der Waals surface area contributed by atoms with Crippen LogP contribution in [0.15, 0.2) is 54.3 Å². The van der Waals surface area contributed by atoms with Crippen molar-refractivity contribution < 1.29 is 14.3 Å². The predicted octanol–water partition coefficient (Wildman–Crippen LogP) is 3.87. The first-order valence-electron chi connectivity index (χ1n) is 8.42. The lowest BCUT2D eigenvalue weighted by atomic mass is 9.97. The first-order chi connectivity index (χ1) is 13.5. The Balaban J connectivity index is 1.78. The van der Waals surface area contributed by atoms with Crippen molar-refractivity contribution in [3.05, 3.63) is 82.5 Å². The summed E-state index contributed by atoms with van der Waals surface area (Å²) in [5.41, 5.74) is 2.34. The molecule has 0 saturated carbocycles. The van der Waals surface area contributed by atoms with Gasteiger partial charge in [0.05, 0.1) is 23.0 Å². The van der Waals surface area contributed by atoms with E-state index in [-0.39, 0.29) is 5.91 Å². The van der Waals surface area contributed by atoms with Crippen LogP contribution < -0.4 is 5.32 Å². The molecule has 4 rings (SSSR count). The lowest BCUT2D eigenvalue weighted by Crippen LogP contribution is -2.14. The van der Waals surface area contributed by atoms with Crippen LogP contribution in [0.2, 0.25) is 0 Å². The molecule has 0 saturated heterocycles. The summed E-state index contributed by atoms with van der Waals surface area (Å²) in [4.78, 5) is 25.2. The topological polar surface area (TPSA) is 88.0 Å². The molecule has 1 amide bonds. The number of aliphatic hydroxyl groups excluding tert-OH is 1. The van der Waals surface area contributed by atoms with Gasteiger partial charge in [0.2, 0.25) is 0 Å². The van der Waals surface area contributed by atoms with Crippen molar-refractivity contribution in [1.82, 2.24) is 15.0 Å². The van der Waals surface area contributed by atoms with Gasteiger partial charge < -0.3 is 5.11 Å². The van der Waals surface area contributed by atoms with Gasteiger partial charge in [-0.25, -0.2) is 9.37 Å². The average Bonchev–Trinajstić information content (AvgIpc) is 3.11. The van der Waals surface area contributed by atoms with Gasteiger partial charge in [0, 0.05) is 28.7 Å². The van der Waals surface area contributed by atoms with Gasteiger partial charge in [-0.2, -0.15) is 0 Å². The van der Waals surface area contributed by atoms with E-state index in [1.165, 1.54) is 23.6 Å². The Morgan fingerprint density at radius 3 is 2.86 bits per heavy atom. The molecular formula is C20H15FN4O2S. The number of rotatable bonds is 4. The molecule has 0 bridgehead atoms. The van der Waals surface area contributed by atoms with Crippen LogP contribution in [0.1, 0.15) is 33.3 Å². The predicted molar refractivity (Wildman–Crippen MR) is 105 cm³/mol. The first kappa shape index (κ1) is 18.1. The van der Waals surface area contributed by atoms with Crippen LogP contribution >= 0.6 is 11.3 Å². The zero-order chi connectivity index (χ0) is 19.7. The molecule has 1 atom stereocenters. The van der Waals surface area contributed by atoms with E-state index >= 15 is 0 Å². The number of anilines is 1. The zero-order valence-electron chi connectivity index (χ0n) is 14.8. The van der Waals surface area contributed by atoms with Gasteiger partial charge in [-0.3, -0.25) is 20.1 Å². The molecule has 0 aliphatic rings. The lowest BCUT2D eigenvalue weighted by Gasteiger charge is -2.14. The molecule has 3 aromatic heterocycles. The highest BCUT2D eigenvalue weighted by molar-refractivity contribution is 7.13. The first-order valence-corrected chi connectivity index (χ1v) is 9.30. The largest absolute Gasteiger partial charge is 0.384 e. The van der Waals surface area contributed by atoms with Crippen LogP contribution in [0.4, 0.5) is 9.52 Å². The number of carbonyl (C=O) groups is 1. The molecule has 2 N–H and O–H groups in total. The summed E-state index contributed by atoms with van der Waals surface area (Å²) in [7, 11) is 0. The Hall–Kier alpha value is -3.23. The van der Waals surface area contributed by atoms with Crippen molar-refractivity contribution >= 4 is 33.3 Å².